The van der Waals surface area contributed by atoms with Crippen LogP contribution in [0.1, 0.15) is 72.6 Å². The van der Waals surface area contributed by atoms with Crippen LogP contribution in [0.25, 0.3) is 0 Å². The molecule has 2 saturated heterocycles. The fourth-order valence-corrected chi connectivity index (χ4v) is 9.38. The lowest BCUT2D eigenvalue weighted by molar-refractivity contribution is -0.272. The van der Waals surface area contributed by atoms with Crippen molar-refractivity contribution in [3.8, 4) is 0 Å². The first kappa shape index (κ1) is 21.8. The average Bonchev–Trinajstić information content (AvgIpc) is 3.19. The van der Waals surface area contributed by atoms with Crippen LogP contribution in [0, 0.1) is 46.3 Å². The van der Waals surface area contributed by atoms with Gasteiger partial charge >= 0.3 is 0 Å². The first-order valence-corrected chi connectivity index (χ1v) is 13.0. The van der Waals surface area contributed by atoms with E-state index < -0.39 is 18.0 Å². The molecule has 0 unspecified atom stereocenters. The molecule has 6 rings (SSSR count). The molecule has 2 N–H and O–H groups in total. The molecular formula is C27H40O5. The Labute approximate surface area is 191 Å². The van der Waals surface area contributed by atoms with Crippen LogP contribution in [0.2, 0.25) is 0 Å². The Bertz CT molecular complexity index is 843. The van der Waals surface area contributed by atoms with Gasteiger partial charge in [0.1, 0.15) is 5.78 Å². The van der Waals surface area contributed by atoms with Gasteiger partial charge in [0.15, 0.2) is 5.79 Å². The van der Waals surface area contributed by atoms with Crippen molar-refractivity contribution in [3.05, 3.63) is 11.6 Å². The summed E-state index contributed by atoms with van der Waals surface area (Å²) in [6.07, 6.45) is 6.77. The second-order valence-corrected chi connectivity index (χ2v) is 12.7. The number of carbonyl (C=O) groups is 1. The number of ether oxygens (including phenoxy) is 2. The first-order valence-electron chi connectivity index (χ1n) is 13.0. The molecule has 178 valence electrons. The molecule has 0 bridgehead atoms. The Morgan fingerprint density at radius 3 is 2.59 bits per heavy atom. The molecule has 1 spiro atoms. The first-order chi connectivity index (χ1) is 15.1. The molecule has 5 fully saturated rings. The van der Waals surface area contributed by atoms with E-state index in [-0.39, 0.29) is 34.7 Å². The SMILES string of the molecule is C[C@H]1CC[C@@]2(OC1)O[C@H]1C[C@H]3[C@@H]4CC=C5C[C@@H](O)[C@H](O)C[C@]5(C)[C@H]4CC(=O)[C@]3(C)[C@H]1[C@@H]2C. The fraction of sp³-hybridized carbons (Fsp3) is 0.889. The van der Waals surface area contributed by atoms with Crippen LogP contribution < -0.4 is 0 Å². The van der Waals surface area contributed by atoms with Crippen LogP contribution in [0.5, 0.6) is 0 Å². The standard InChI is InChI=1S/C27H40O5/c1-14-7-8-27(31-13-14)15(2)24-22(32-27)10-19-17-6-5-16-9-20(28)21(29)12-25(16,3)18(17)11-23(30)26(19,24)4/h5,14-15,17-22,24,28-29H,6-13H2,1-4H3/t14-,15-,17+,18-,19-,20+,21+,22-,24-,25-,26+,27+/m0/s1. The smallest absolute Gasteiger partial charge is 0.171 e. The minimum atomic E-state index is -0.698. The highest BCUT2D eigenvalue weighted by atomic mass is 16.7. The number of allylic oxidation sites excluding steroid dienone is 1. The van der Waals surface area contributed by atoms with Crippen molar-refractivity contribution in [2.75, 3.05) is 6.61 Å². The van der Waals surface area contributed by atoms with Gasteiger partial charge in [0, 0.05) is 30.1 Å². The average molecular weight is 445 g/mol. The number of ketones is 1. The Morgan fingerprint density at radius 1 is 1.09 bits per heavy atom. The number of fused-ring (bicyclic) bond motifs is 7. The molecule has 4 aliphatic carbocycles. The molecule has 0 aromatic carbocycles. The maximum Gasteiger partial charge on any atom is 0.171 e. The van der Waals surface area contributed by atoms with Gasteiger partial charge in [0.25, 0.3) is 0 Å². The Kier molecular flexibility index (Phi) is 4.69. The van der Waals surface area contributed by atoms with Crippen LogP contribution in [0.15, 0.2) is 11.6 Å². The largest absolute Gasteiger partial charge is 0.390 e. The van der Waals surface area contributed by atoms with E-state index in [1.165, 1.54) is 5.57 Å². The molecule has 0 aromatic rings. The van der Waals surface area contributed by atoms with Gasteiger partial charge in [-0.15, -0.1) is 0 Å². The van der Waals surface area contributed by atoms with Crippen molar-refractivity contribution in [2.45, 2.75) is 96.7 Å². The van der Waals surface area contributed by atoms with Crippen molar-refractivity contribution < 1.29 is 24.5 Å². The van der Waals surface area contributed by atoms with Gasteiger partial charge in [0.05, 0.1) is 24.9 Å². The van der Waals surface area contributed by atoms with E-state index in [0.717, 1.165) is 32.3 Å². The topological polar surface area (TPSA) is 76.0 Å². The third kappa shape index (κ3) is 2.63. The molecular weight excluding hydrogens is 404 g/mol. The second-order valence-electron chi connectivity index (χ2n) is 12.7. The van der Waals surface area contributed by atoms with Gasteiger partial charge in [-0.25, -0.2) is 0 Å². The zero-order chi connectivity index (χ0) is 22.6. The number of aliphatic hydroxyl groups is 2. The summed E-state index contributed by atoms with van der Waals surface area (Å²) in [5.74, 6) is 1.95. The summed E-state index contributed by atoms with van der Waals surface area (Å²) < 4.78 is 13.1. The van der Waals surface area contributed by atoms with Crippen LogP contribution >= 0.6 is 0 Å². The predicted molar refractivity (Wildman–Crippen MR) is 119 cm³/mol. The molecule has 2 aliphatic heterocycles. The lowest BCUT2D eigenvalue weighted by Crippen LogP contribution is -2.57. The zero-order valence-corrected chi connectivity index (χ0v) is 20.0. The summed E-state index contributed by atoms with van der Waals surface area (Å²) in [7, 11) is 0. The van der Waals surface area contributed by atoms with Crippen molar-refractivity contribution in [2.24, 2.45) is 46.3 Å². The van der Waals surface area contributed by atoms with E-state index in [1.807, 2.05) is 0 Å². The molecule has 6 aliphatic rings. The molecule has 0 radical (unpaired) electrons. The van der Waals surface area contributed by atoms with E-state index in [9.17, 15) is 15.0 Å². The number of aliphatic hydroxyl groups excluding tert-OH is 2. The zero-order valence-electron chi connectivity index (χ0n) is 20.0. The molecule has 0 amide bonds. The van der Waals surface area contributed by atoms with Crippen molar-refractivity contribution >= 4 is 5.78 Å². The molecule has 0 aromatic heterocycles. The molecule has 5 nitrogen and oxygen atoms in total. The van der Waals surface area contributed by atoms with E-state index in [0.29, 0.717) is 42.8 Å². The van der Waals surface area contributed by atoms with Gasteiger partial charge in [0.2, 0.25) is 0 Å². The Balaban J connectivity index is 1.33. The van der Waals surface area contributed by atoms with Crippen LogP contribution in [-0.4, -0.2) is 46.7 Å². The van der Waals surface area contributed by atoms with E-state index in [4.69, 9.17) is 9.47 Å². The summed E-state index contributed by atoms with van der Waals surface area (Å²) in [6.45, 7) is 9.74. The molecule has 5 heteroatoms. The van der Waals surface area contributed by atoms with Gasteiger partial charge in [-0.1, -0.05) is 39.3 Å². The third-order valence-corrected chi connectivity index (χ3v) is 11.3. The number of rotatable bonds is 0. The lowest BCUT2D eigenvalue weighted by atomic mass is 9.46. The third-order valence-electron chi connectivity index (χ3n) is 11.3. The normalized spacial score (nSPS) is 59.2. The van der Waals surface area contributed by atoms with Gasteiger partial charge in [-0.2, -0.15) is 0 Å². The van der Waals surface area contributed by atoms with Crippen LogP contribution in [0.4, 0.5) is 0 Å². The highest BCUT2D eigenvalue weighted by Crippen LogP contribution is 2.69. The van der Waals surface area contributed by atoms with E-state index in [1.54, 1.807) is 0 Å². The number of carbonyl (C=O) groups excluding carboxylic acids is 1. The van der Waals surface area contributed by atoms with Gasteiger partial charge in [-0.3, -0.25) is 4.79 Å². The van der Waals surface area contributed by atoms with Gasteiger partial charge < -0.3 is 19.7 Å². The summed E-state index contributed by atoms with van der Waals surface area (Å²) >= 11 is 0. The highest BCUT2D eigenvalue weighted by Gasteiger charge is 2.71. The molecule has 3 saturated carbocycles. The van der Waals surface area contributed by atoms with Crippen LogP contribution in [-0.2, 0) is 14.3 Å². The minimum Gasteiger partial charge on any atom is -0.390 e. The lowest BCUT2D eigenvalue weighted by Gasteiger charge is -2.58. The predicted octanol–water partition coefficient (Wildman–Crippen LogP) is 3.86. The highest BCUT2D eigenvalue weighted by molar-refractivity contribution is 5.87. The number of hydrogen-bond acceptors (Lipinski definition) is 5. The monoisotopic (exact) mass is 444 g/mol. The number of Topliss-reactive ketones (excluding diaryl/α,β-unsaturated/α-hetero) is 1. The van der Waals surface area contributed by atoms with Crippen molar-refractivity contribution in [1.29, 1.82) is 0 Å². The molecule has 12 atom stereocenters. The summed E-state index contributed by atoms with van der Waals surface area (Å²) in [5, 5.41) is 20.8. The number of hydrogen-bond donors (Lipinski definition) is 2. The maximum atomic E-state index is 14.0. The summed E-state index contributed by atoms with van der Waals surface area (Å²) in [5.41, 5.74) is 0.724. The minimum absolute atomic E-state index is 0.105. The van der Waals surface area contributed by atoms with Gasteiger partial charge in [-0.05, 0) is 61.2 Å². The fourth-order valence-electron chi connectivity index (χ4n) is 9.38. The molecule has 2 heterocycles. The summed E-state index contributed by atoms with van der Waals surface area (Å²) in [4.78, 5) is 14.0. The second kappa shape index (κ2) is 6.90. The van der Waals surface area contributed by atoms with Crippen molar-refractivity contribution in [1.82, 2.24) is 0 Å². The van der Waals surface area contributed by atoms with Crippen molar-refractivity contribution in [3.63, 3.8) is 0 Å². The Hall–Kier alpha value is -0.750. The van der Waals surface area contributed by atoms with E-state index >= 15 is 0 Å². The molecule has 32 heavy (non-hydrogen) atoms. The summed E-state index contributed by atoms with van der Waals surface area (Å²) in [6, 6.07) is 0. The Morgan fingerprint density at radius 2 is 1.88 bits per heavy atom. The van der Waals surface area contributed by atoms with Crippen LogP contribution in [0.3, 0.4) is 0 Å². The van der Waals surface area contributed by atoms with E-state index in [2.05, 4.69) is 33.8 Å². The quantitative estimate of drug-likeness (QED) is 0.555. The maximum absolute atomic E-state index is 14.0.